The maximum Gasteiger partial charge on any atom is 0.178 e. The fourth-order valence-electron chi connectivity index (χ4n) is 3.12. The van der Waals surface area contributed by atoms with Crippen molar-refractivity contribution >= 4 is 0 Å². The lowest BCUT2D eigenvalue weighted by molar-refractivity contribution is 0.239. The van der Waals surface area contributed by atoms with Gasteiger partial charge in [-0.15, -0.1) is 0 Å². The Labute approximate surface area is 140 Å². The number of nitrogens with one attached hydrogen (secondary N) is 1. The number of likely N-dealkylation sites (tertiary alicyclic amines) is 1. The fourth-order valence-corrected chi connectivity index (χ4v) is 3.12. The third-order valence-electron chi connectivity index (χ3n) is 4.26. The van der Waals surface area contributed by atoms with Gasteiger partial charge in [-0.3, -0.25) is 15.0 Å². The molecule has 7 nitrogen and oxygen atoms in total. The number of nitrogens with zero attached hydrogens (tertiary/aromatic N) is 6. The predicted molar refractivity (Wildman–Crippen MR) is 88.8 cm³/mol. The van der Waals surface area contributed by atoms with Crippen molar-refractivity contribution in [2.24, 2.45) is 0 Å². The summed E-state index contributed by atoms with van der Waals surface area (Å²) in [5.74, 6) is 2.40. The molecule has 1 atom stereocenters. The third kappa shape index (κ3) is 3.03. The highest BCUT2D eigenvalue weighted by atomic mass is 15.3. The molecule has 1 aliphatic heterocycles. The van der Waals surface area contributed by atoms with Crippen LogP contribution in [-0.4, -0.2) is 41.6 Å². The zero-order valence-electron chi connectivity index (χ0n) is 13.6. The van der Waals surface area contributed by atoms with E-state index in [9.17, 15) is 0 Å². The van der Waals surface area contributed by atoms with Crippen LogP contribution in [0.25, 0.3) is 11.5 Å². The number of H-pyrrole nitrogens is 1. The highest BCUT2D eigenvalue weighted by Gasteiger charge is 2.29. The largest absolute Gasteiger partial charge is 0.289 e. The number of aromatic amines is 1. The Bertz CT molecular complexity index is 797. The molecule has 122 valence electrons. The summed E-state index contributed by atoms with van der Waals surface area (Å²) in [5, 5.41) is 7.26. The van der Waals surface area contributed by atoms with E-state index in [0.717, 1.165) is 48.8 Å². The first-order valence-corrected chi connectivity index (χ1v) is 8.15. The number of pyridine rings is 1. The summed E-state index contributed by atoms with van der Waals surface area (Å²) in [5.41, 5.74) is 1.88. The molecule has 0 amide bonds. The fraction of sp³-hybridized carbons (Fsp3) is 0.353. The number of aromatic nitrogens is 6. The average molecular weight is 321 g/mol. The van der Waals surface area contributed by atoms with Gasteiger partial charge < -0.3 is 0 Å². The minimum absolute atomic E-state index is 0.269. The summed E-state index contributed by atoms with van der Waals surface area (Å²) in [6.45, 7) is 3.78. The monoisotopic (exact) mass is 321 g/mol. The van der Waals surface area contributed by atoms with Crippen molar-refractivity contribution < 1.29 is 0 Å². The summed E-state index contributed by atoms with van der Waals surface area (Å²) in [4.78, 5) is 20.1. The van der Waals surface area contributed by atoms with Gasteiger partial charge in [-0.05, 0) is 38.4 Å². The maximum absolute atomic E-state index is 4.49. The first-order chi connectivity index (χ1) is 11.8. The number of hydrogen-bond donors (Lipinski definition) is 1. The van der Waals surface area contributed by atoms with E-state index in [0.29, 0.717) is 5.82 Å². The van der Waals surface area contributed by atoms with Gasteiger partial charge >= 0.3 is 0 Å². The molecule has 3 aromatic rings. The van der Waals surface area contributed by atoms with E-state index in [1.54, 1.807) is 6.20 Å². The molecule has 0 spiro atoms. The van der Waals surface area contributed by atoms with E-state index in [1.165, 1.54) is 0 Å². The van der Waals surface area contributed by atoms with Crippen molar-refractivity contribution in [3.63, 3.8) is 0 Å². The van der Waals surface area contributed by atoms with Gasteiger partial charge in [0, 0.05) is 30.7 Å². The third-order valence-corrected chi connectivity index (χ3v) is 4.26. The van der Waals surface area contributed by atoms with Crippen LogP contribution in [0.15, 0.2) is 36.8 Å². The van der Waals surface area contributed by atoms with Crippen LogP contribution in [0.2, 0.25) is 0 Å². The lowest BCUT2D eigenvalue weighted by Gasteiger charge is -2.21. The van der Waals surface area contributed by atoms with E-state index >= 15 is 0 Å². The van der Waals surface area contributed by atoms with Gasteiger partial charge in [0.05, 0.1) is 6.04 Å². The summed E-state index contributed by atoms with van der Waals surface area (Å²) in [6.07, 6.45) is 7.76. The minimum atomic E-state index is 0.269. The van der Waals surface area contributed by atoms with Crippen molar-refractivity contribution in [2.75, 3.05) is 6.54 Å². The molecule has 1 saturated heterocycles. The Balaban J connectivity index is 1.48. The summed E-state index contributed by atoms with van der Waals surface area (Å²) < 4.78 is 0. The van der Waals surface area contributed by atoms with Crippen LogP contribution in [0.4, 0.5) is 0 Å². The molecule has 4 heterocycles. The smallest absolute Gasteiger partial charge is 0.178 e. The Morgan fingerprint density at radius 1 is 1.21 bits per heavy atom. The molecular formula is C17H19N7. The van der Waals surface area contributed by atoms with Crippen molar-refractivity contribution in [1.82, 2.24) is 35.0 Å². The molecule has 0 unspecified atom stereocenters. The van der Waals surface area contributed by atoms with Crippen molar-refractivity contribution in [1.29, 1.82) is 0 Å². The molecule has 0 saturated carbocycles. The highest BCUT2D eigenvalue weighted by molar-refractivity contribution is 5.47. The molecule has 1 fully saturated rings. The molecule has 4 rings (SSSR count). The van der Waals surface area contributed by atoms with Crippen LogP contribution in [0.5, 0.6) is 0 Å². The predicted octanol–water partition coefficient (Wildman–Crippen LogP) is 2.30. The van der Waals surface area contributed by atoms with Crippen LogP contribution >= 0.6 is 0 Å². The minimum Gasteiger partial charge on any atom is -0.289 e. The van der Waals surface area contributed by atoms with Crippen LogP contribution in [0.1, 0.15) is 36.1 Å². The number of aryl methyl sites for hydroxylation is 1. The van der Waals surface area contributed by atoms with Crippen molar-refractivity contribution in [2.45, 2.75) is 32.4 Å². The Kier molecular flexibility index (Phi) is 4.00. The van der Waals surface area contributed by atoms with Crippen LogP contribution in [0, 0.1) is 6.92 Å². The maximum atomic E-state index is 4.49. The van der Waals surface area contributed by atoms with Gasteiger partial charge in [-0.1, -0.05) is 6.07 Å². The van der Waals surface area contributed by atoms with Gasteiger partial charge in [0.25, 0.3) is 0 Å². The lowest BCUT2D eigenvalue weighted by Crippen LogP contribution is -2.23. The van der Waals surface area contributed by atoms with E-state index in [2.05, 4.69) is 35.0 Å². The van der Waals surface area contributed by atoms with Crippen LogP contribution in [0.3, 0.4) is 0 Å². The molecule has 0 aromatic carbocycles. The summed E-state index contributed by atoms with van der Waals surface area (Å²) >= 11 is 0. The first-order valence-electron chi connectivity index (χ1n) is 8.15. The number of hydrogen-bond acceptors (Lipinski definition) is 6. The molecule has 0 radical (unpaired) electrons. The second kappa shape index (κ2) is 6.45. The van der Waals surface area contributed by atoms with Gasteiger partial charge in [0.15, 0.2) is 11.6 Å². The van der Waals surface area contributed by atoms with Gasteiger partial charge in [-0.2, -0.15) is 5.10 Å². The quantitative estimate of drug-likeness (QED) is 0.794. The van der Waals surface area contributed by atoms with E-state index < -0.39 is 0 Å². The van der Waals surface area contributed by atoms with Gasteiger partial charge in [-0.25, -0.2) is 15.0 Å². The average Bonchev–Trinajstić information content (AvgIpc) is 3.25. The molecule has 3 aromatic heterocycles. The normalized spacial score (nSPS) is 18.1. The summed E-state index contributed by atoms with van der Waals surface area (Å²) in [7, 11) is 0. The Morgan fingerprint density at radius 2 is 2.08 bits per heavy atom. The SMILES string of the molecule is Cc1nc([C@@H]2CCCN2Cc2cnc(-c3ccccn3)nc2)n[nH]1. The zero-order valence-corrected chi connectivity index (χ0v) is 13.6. The van der Waals surface area contributed by atoms with Gasteiger partial charge in [0.1, 0.15) is 11.5 Å². The summed E-state index contributed by atoms with van der Waals surface area (Å²) in [6, 6.07) is 6.01. The van der Waals surface area contributed by atoms with Gasteiger partial charge in [0.2, 0.25) is 0 Å². The lowest BCUT2D eigenvalue weighted by atomic mass is 10.2. The van der Waals surface area contributed by atoms with Crippen LogP contribution in [-0.2, 0) is 6.54 Å². The molecule has 7 heteroatoms. The topological polar surface area (TPSA) is 83.5 Å². The van der Waals surface area contributed by atoms with Crippen molar-refractivity contribution in [3.8, 4) is 11.5 Å². The molecule has 24 heavy (non-hydrogen) atoms. The molecule has 0 bridgehead atoms. The molecule has 1 aliphatic rings. The number of rotatable bonds is 4. The van der Waals surface area contributed by atoms with E-state index in [1.807, 2.05) is 37.5 Å². The van der Waals surface area contributed by atoms with E-state index in [4.69, 9.17) is 0 Å². The highest BCUT2D eigenvalue weighted by Crippen LogP contribution is 2.31. The second-order valence-electron chi connectivity index (χ2n) is 6.04. The standard InChI is InChI=1S/C17H19N7/c1-12-21-17(23-22-12)15-6-4-8-24(15)11-13-9-19-16(20-10-13)14-5-2-3-7-18-14/h2-3,5,7,9-10,15H,4,6,8,11H2,1H3,(H,21,22,23)/t15-/m0/s1. The first kappa shape index (κ1) is 14.9. The zero-order chi connectivity index (χ0) is 16.4. The molecular weight excluding hydrogens is 302 g/mol. The Hall–Kier alpha value is -2.67. The van der Waals surface area contributed by atoms with E-state index in [-0.39, 0.29) is 6.04 Å². The molecule has 0 aliphatic carbocycles. The second-order valence-corrected chi connectivity index (χ2v) is 6.04. The van der Waals surface area contributed by atoms with Crippen LogP contribution < -0.4 is 0 Å². The van der Waals surface area contributed by atoms with Crippen molar-refractivity contribution in [3.05, 3.63) is 54.0 Å². The Morgan fingerprint density at radius 3 is 2.79 bits per heavy atom. The molecule has 1 N–H and O–H groups in total.